The number of H-pyrrole nitrogens is 1. The molecule has 2 rings (SSSR count). The summed E-state index contributed by atoms with van der Waals surface area (Å²) in [5.74, 6) is 0. The van der Waals surface area contributed by atoms with Crippen molar-refractivity contribution in [3.05, 3.63) is 22.6 Å². The van der Waals surface area contributed by atoms with Crippen molar-refractivity contribution in [2.45, 2.75) is 39.7 Å². The molecule has 0 spiro atoms. The molecular formula is C13H20N4S. The van der Waals surface area contributed by atoms with Gasteiger partial charge >= 0.3 is 0 Å². The van der Waals surface area contributed by atoms with Gasteiger partial charge in [-0.2, -0.15) is 5.10 Å². The van der Waals surface area contributed by atoms with E-state index in [4.69, 9.17) is 12.2 Å². The molecule has 2 aromatic heterocycles. The van der Waals surface area contributed by atoms with Gasteiger partial charge in [-0.3, -0.25) is 4.68 Å². The van der Waals surface area contributed by atoms with Gasteiger partial charge in [-0.25, -0.2) is 0 Å². The summed E-state index contributed by atoms with van der Waals surface area (Å²) in [5.41, 5.74) is 3.32. The van der Waals surface area contributed by atoms with Crippen LogP contribution in [0.5, 0.6) is 0 Å². The van der Waals surface area contributed by atoms with Crippen LogP contribution in [0.4, 0.5) is 0 Å². The third-order valence-electron chi connectivity index (χ3n) is 3.06. The van der Waals surface area contributed by atoms with Gasteiger partial charge in [0.2, 0.25) is 0 Å². The van der Waals surface area contributed by atoms with E-state index in [1.54, 1.807) is 0 Å². The van der Waals surface area contributed by atoms with Crippen LogP contribution in [0, 0.1) is 4.77 Å². The summed E-state index contributed by atoms with van der Waals surface area (Å²) in [6.07, 6.45) is 7.30. The third-order valence-corrected chi connectivity index (χ3v) is 3.39. The van der Waals surface area contributed by atoms with E-state index < -0.39 is 0 Å². The molecule has 0 unspecified atom stereocenters. The van der Waals surface area contributed by atoms with Crippen molar-refractivity contribution in [2.24, 2.45) is 7.05 Å². The van der Waals surface area contributed by atoms with Crippen LogP contribution in [-0.2, 0) is 20.0 Å². The highest BCUT2D eigenvalue weighted by Crippen LogP contribution is 2.19. The molecular weight excluding hydrogens is 244 g/mol. The Bertz CT molecular complexity index is 615. The van der Waals surface area contributed by atoms with E-state index in [0.29, 0.717) is 0 Å². The molecule has 0 bridgehead atoms. The minimum Gasteiger partial charge on any atom is -0.328 e. The number of nitrogens with one attached hydrogen (secondary N) is 1. The van der Waals surface area contributed by atoms with E-state index in [1.807, 2.05) is 18.7 Å². The number of imidazole rings is 1. The fourth-order valence-electron chi connectivity index (χ4n) is 2.27. The van der Waals surface area contributed by atoms with Gasteiger partial charge in [-0.1, -0.05) is 25.5 Å². The summed E-state index contributed by atoms with van der Waals surface area (Å²) < 4.78 is 4.86. The fourth-order valence-corrected chi connectivity index (χ4v) is 2.55. The molecule has 5 heteroatoms. The zero-order valence-corrected chi connectivity index (χ0v) is 12.0. The highest BCUT2D eigenvalue weighted by atomic mass is 32.1. The van der Waals surface area contributed by atoms with Crippen molar-refractivity contribution >= 4 is 23.4 Å². The second-order valence-electron chi connectivity index (χ2n) is 4.46. The average molecular weight is 264 g/mol. The van der Waals surface area contributed by atoms with Crippen molar-refractivity contribution < 1.29 is 0 Å². The maximum absolute atomic E-state index is 5.40. The van der Waals surface area contributed by atoms with Crippen molar-refractivity contribution in [3.8, 4) is 0 Å². The van der Waals surface area contributed by atoms with E-state index in [1.165, 1.54) is 0 Å². The molecule has 0 aliphatic carbocycles. The Morgan fingerprint density at radius 2 is 2.22 bits per heavy atom. The molecule has 0 aromatic carbocycles. The minimum atomic E-state index is 0.792. The molecule has 0 saturated heterocycles. The first-order chi connectivity index (χ1) is 8.69. The van der Waals surface area contributed by atoms with E-state index in [2.05, 4.69) is 33.7 Å². The predicted octanol–water partition coefficient (Wildman–Crippen LogP) is 3.35. The lowest BCUT2D eigenvalue weighted by atomic mass is 10.2. The molecule has 0 amide bonds. The van der Waals surface area contributed by atoms with Crippen LogP contribution in [0.1, 0.15) is 32.4 Å². The van der Waals surface area contributed by atoms with E-state index in [0.717, 1.165) is 47.4 Å². The molecule has 4 nitrogen and oxygen atoms in total. The monoisotopic (exact) mass is 264 g/mol. The van der Waals surface area contributed by atoms with Crippen LogP contribution in [0.3, 0.4) is 0 Å². The Labute approximate surface area is 112 Å². The van der Waals surface area contributed by atoms with E-state index >= 15 is 0 Å². The van der Waals surface area contributed by atoms with Crippen LogP contribution in [0.15, 0.2) is 12.2 Å². The summed E-state index contributed by atoms with van der Waals surface area (Å²) in [6.45, 7) is 5.10. The number of aryl methyl sites for hydroxylation is 3. The summed E-state index contributed by atoms with van der Waals surface area (Å²) in [6, 6.07) is 0. The molecule has 2 aromatic rings. The fraction of sp³-hybridized carbons (Fsp3) is 0.538. The van der Waals surface area contributed by atoms with Gasteiger partial charge in [0, 0.05) is 13.6 Å². The number of hydrogen-bond donors (Lipinski definition) is 1. The molecule has 98 valence electrons. The van der Waals surface area contributed by atoms with Crippen molar-refractivity contribution in [1.29, 1.82) is 0 Å². The Morgan fingerprint density at radius 1 is 1.44 bits per heavy atom. The molecule has 0 saturated carbocycles. The standard InChI is InChI=1S/C13H20N4S/c1-4-6-7-9-17-12-11(14-13(17)18)10(8-5-2)15-16(12)3/h4,6H,5,7-9H2,1-3H3,(H,14,18)/b6-4+. The van der Waals surface area contributed by atoms with Gasteiger partial charge in [0.25, 0.3) is 0 Å². The van der Waals surface area contributed by atoms with Gasteiger partial charge in [0.05, 0.1) is 5.69 Å². The number of hydrogen-bond acceptors (Lipinski definition) is 2. The first-order valence-electron chi connectivity index (χ1n) is 6.44. The van der Waals surface area contributed by atoms with Crippen LogP contribution in [-0.4, -0.2) is 19.3 Å². The maximum atomic E-state index is 5.40. The van der Waals surface area contributed by atoms with Gasteiger partial charge in [-0.15, -0.1) is 0 Å². The first-order valence-corrected chi connectivity index (χ1v) is 6.85. The zero-order valence-electron chi connectivity index (χ0n) is 11.2. The second kappa shape index (κ2) is 5.52. The van der Waals surface area contributed by atoms with Crippen LogP contribution >= 0.6 is 12.2 Å². The number of aromatic nitrogens is 4. The Hall–Kier alpha value is -1.36. The predicted molar refractivity (Wildman–Crippen MR) is 77.3 cm³/mol. The summed E-state index contributed by atoms with van der Waals surface area (Å²) in [7, 11) is 1.98. The average Bonchev–Trinajstić information content (AvgIpc) is 2.80. The molecule has 1 N–H and O–H groups in total. The summed E-state index contributed by atoms with van der Waals surface area (Å²) in [4.78, 5) is 3.30. The molecule has 18 heavy (non-hydrogen) atoms. The lowest BCUT2D eigenvalue weighted by molar-refractivity contribution is 0.667. The lowest BCUT2D eigenvalue weighted by Gasteiger charge is -2.01. The number of allylic oxidation sites excluding steroid dienone is 2. The molecule has 0 aliphatic heterocycles. The largest absolute Gasteiger partial charge is 0.328 e. The molecule has 2 heterocycles. The Balaban J connectivity index is 2.46. The Morgan fingerprint density at radius 3 is 2.89 bits per heavy atom. The Kier molecular flexibility index (Phi) is 4.01. The minimum absolute atomic E-state index is 0.792. The number of rotatable bonds is 5. The van der Waals surface area contributed by atoms with Gasteiger partial charge < -0.3 is 9.55 Å². The van der Waals surface area contributed by atoms with Crippen LogP contribution in [0.25, 0.3) is 11.2 Å². The second-order valence-corrected chi connectivity index (χ2v) is 4.85. The van der Waals surface area contributed by atoms with Gasteiger partial charge in [-0.05, 0) is 32.0 Å². The highest BCUT2D eigenvalue weighted by Gasteiger charge is 2.13. The van der Waals surface area contributed by atoms with Crippen molar-refractivity contribution in [1.82, 2.24) is 19.3 Å². The quantitative estimate of drug-likeness (QED) is 0.664. The van der Waals surface area contributed by atoms with E-state index in [9.17, 15) is 0 Å². The number of aromatic amines is 1. The maximum Gasteiger partial charge on any atom is 0.179 e. The molecule has 0 aliphatic rings. The molecule has 0 atom stereocenters. The number of fused-ring (bicyclic) bond motifs is 1. The SMILES string of the molecule is C/C=C/CCn1c(=S)[nH]c2c(CCC)nn(C)c21. The molecule has 0 fully saturated rings. The smallest absolute Gasteiger partial charge is 0.179 e. The van der Waals surface area contributed by atoms with Crippen molar-refractivity contribution in [2.75, 3.05) is 0 Å². The first kappa shape index (κ1) is 13.1. The zero-order chi connectivity index (χ0) is 13.1. The highest BCUT2D eigenvalue weighted by molar-refractivity contribution is 7.71. The number of nitrogens with zero attached hydrogens (tertiary/aromatic N) is 3. The van der Waals surface area contributed by atoms with Gasteiger partial charge in [0.1, 0.15) is 5.52 Å². The topological polar surface area (TPSA) is 38.5 Å². The third kappa shape index (κ3) is 2.27. The van der Waals surface area contributed by atoms with Crippen LogP contribution < -0.4 is 0 Å². The normalized spacial score (nSPS) is 11.9. The van der Waals surface area contributed by atoms with E-state index in [-0.39, 0.29) is 0 Å². The summed E-state index contributed by atoms with van der Waals surface area (Å²) in [5, 5.41) is 4.57. The molecule has 0 radical (unpaired) electrons. The lowest BCUT2D eigenvalue weighted by Crippen LogP contribution is -2.02. The van der Waals surface area contributed by atoms with Crippen LogP contribution in [0.2, 0.25) is 0 Å². The van der Waals surface area contributed by atoms with Crippen molar-refractivity contribution in [3.63, 3.8) is 0 Å². The summed E-state index contributed by atoms with van der Waals surface area (Å²) >= 11 is 5.40. The van der Waals surface area contributed by atoms with Gasteiger partial charge in [0.15, 0.2) is 10.4 Å².